The molecule has 1 N–H and O–H groups in total. The Hall–Kier alpha value is -1.48. The highest BCUT2D eigenvalue weighted by Crippen LogP contribution is 2.24. The molecule has 140 valence electrons. The van der Waals surface area contributed by atoms with Crippen molar-refractivity contribution in [1.82, 2.24) is 4.31 Å². The molecule has 1 aromatic carbocycles. The van der Waals surface area contributed by atoms with E-state index in [4.69, 9.17) is 9.47 Å². The molecule has 1 saturated heterocycles. The lowest BCUT2D eigenvalue weighted by Crippen LogP contribution is -2.39. The topological polar surface area (TPSA) is 84.9 Å². The van der Waals surface area contributed by atoms with Gasteiger partial charge in [-0.2, -0.15) is 4.31 Å². The normalized spacial score (nSPS) is 18.9. The summed E-state index contributed by atoms with van der Waals surface area (Å²) in [5, 5.41) is 2.67. The molecule has 8 heteroatoms. The maximum absolute atomic E-state index is 12.7. The first-order valence-electron chi connectivity index (χ1n) is 8.40. The summed E-state index contributed by atoms with van der Waals surface area (Å²) in [5.41, 5.74) is 0.534. The Bertz CT molecular complexity index is 660. The van der Waals surface area contributed by atoms with Crippen LogP contribution in [0, 0.1) is 5.92 Å². The average molecular weight is 370 g/mol. The van der Waals surface area contributed by atoms with Crippen molar-refractivity contribution in [2.75, 3.05) is 45.3 Å². The van der Waals surface area contributed by atoms with Gasteiger partial charge in [-0.3, -0.25) is 4.79 Å². The average Bonchev–Trinajstić information content (AvgIpc) is 2.59. The highest BCUT2D eigenvalue weighted by atomic mass is 32.2. The number of carbonyl (C=O) groups is 1. The monoisotopic (exact) mass is 370 g/mol. The molecule has 2 rings (SSSR count). The van der Waals surface area contributed by atoms with Crippen LogP contribution < -0.4 is 5.32 Å². The summed E-state index contributed by atoms with van der Waals surface area (Å²) < 4.78 is 36.9. The van der Waals surface area contributed by atoms with Crippen molar-refractivity contribution in [2.24, 2.45) is 5.92 Å². The van der Waals surface area contributed by atoms with Crippen molar-refractivity contribution in [3.05, 3.63) is 24.3 Å². The van der Waals surface area contributed by atoms with Gasteiger partial charge in [0.1, 0.15) is 6.61 Å². The number of nitrogens with one attached hydrogen (secondary N) is 1. The fraction of sp³-hybridized carbons (Fsp3) is 0.588. The number of hydrogen-bond donors (Lipinski definition) is 1. The van der Waals surface area contributed by atoms with E-state index < -0.39 is 10.0 Å². The highest BCUT2D eigenvalue weighted by Gasteiger charge is 2.28. The lowest BCUT2D eigenvalue weighted by molar-refractivity contribution is -0.121. The minimum Gasteiger partial charge on any atom is -0.382 e. The Morgan fingerprint density at radius 3 is 2.64 bits per heavy atom. The molecule has 0 spiro atoms. The van der Waals surface area contributed by atoms with Crippen LogP contribution in [0.4, 0.5) is 5.69 Å². The van der Waals surface area contributed by atoms with Crippen LogP contribution in [0.1, 0.15) is 19.8 Å². The Morgan fingerprint density at radius 2 is 2.00 bits per heavy atom. The standard InChI is InChI=1S/C17H26N2O5S/c1-14-4-3-9-19(12-14)25(21,22)16-7-5-15(6-8-16)18-17(20)13-24-11-10-23-2/h5-8,14H,3-4,9-13H2,1-2H3,(H,18,20). The van der Waals surface area contributed by atoms with Crippen molar-refractivity contribution in [1.29, 1.82) is 0 Å². The lowest BCUT2D eigenvalue weighted by Gasteiger charge is -2.30. The van der Waals surface area contributed by atoms with Crippen LogP contribution in [0.3, 0.4) is 0 Å². The maximum atomic E-state index is 12.7. The molecular weight excluding hydrogens is 344 g/mol. The molecule has 1 heterocycles. The van der Waals surface area contributed by atoms with Crippen LogP contribution >= 0.6 is 0 Å². The van der Waals surface area contributed by atoms with Crippen molar-refractivity contribution >= 4 is 21.6 Å². The summed E-state index contributed by atoms with van der Waals surface area (Å²) in [6.45, 7) is 3.87. The number of carbonyl (C=O) groups excluding carboxylic acids is 1. The number of anilines is 1. The van der Waals surface area contributed by atoms with Gasteiger partial charge in [0.15, 0.2) is 0 Å². The molecule has 1 aromatic rings. The number of amides is 1. The number of methoxy groups -OCH3 is 1. The third-order valence-electron chi connectivity index (χ3n) is 4.06. The Morgan fingerprint density at radius 1 is 1.28 bits per heavy atom. The van der Waals surface area contributed by atoms with E-state index in [1.165, 1.54) is 12.1 Å². The third kappa shape index (κ3) is 5.78. The summed E-state index contributed by atoms with van der Waals surface area (Å²) in [7, 11) is -1.92. The molecule has 0 aliphatic carbocycles. The molecular formula is C17H26N2O5S. The van der Waals surface area contributed by atoms with Crippen molar-refractivity contribution < 1.29 is 22.7 Å². The molecule has 0 saturated carbocycles. The van der Waals surface area contributed by atoms with Gasteiger partial charge >= 0.3 is 0 Å². The van der Waals surface area contributed by atoms with E-state index in [1.807, 2.05) is 0 Å². The van der Waals surface area contributed by atoms with Crippen molar-refractivity contribution in [3.8, 4) is 0 Å². The first kappa shape index (κ1) is 19.8. The second-order valence-electron chi connectivity index (χ2n) is 6.23. The molecule has 1 fully saturated rings. The van der Waals surface area contributed by atoms with Crippen LogP contribution in [0.25, 0.3) is 0 Å². The van der Waals surface area contributed by atoms with Gasteiger partial charge in [-0.05, 0) is 43.0 Å². The van der Waals surface area contributed by atoms with Gasteiger partial charge in [-0.1, -0.05) is 6.92 Å². The van der Waals surface area contributed by atoms with Crippen LogP contribution in [0.2, 0.25) is 0 Å². The van der Waals surface area contributed by atoms with Gasteiger partial charge in [0, 0.05) is 25.9 Å². The number of piperidine rings is 1. The van der Waals surface area contributed by atoms with E-state index >= 15 is 0 Å². The molecule has 1 aliphatic rings. The maximum Gasteiger partial charge on any atom is 0.250 e. The summed E-state index contributed by atoms with van der Waals surface area (Å²) in [6.07, 6.45) is 1.95. The summed E-state index contributed by atoms with van der Waals surface area (Å²) in [5.74, 6) is 0.0803. The molecule has 1 aliphatic heterocycles. The van der Waals surface area contributed by atoms with Gasteiger partial charge in [-0.15, -0.1) is 0 Å². The largest absolute Gasteiger partial charge is 0.382 e. The minimum atomic E-state index is -3.48. The first-order chi connectivity index (χ1) is 11.9. The molecule has 0 aromatic heterocycles. The smallest absolute Gasteiger partial charge is 0.250 e. The van der Waals surface area contributed by atoms with Gasteiger partial charge < -0.3 is 14.8 Å². The van der Waals surface area contributed by atoms with Crippen LogP contribution in [-0.2, 0) is 24.3 Å². The molecule has 1 unspecified atom stereocenters. The number of benzene rings is 1. The number of sulfonamides is 1. The van der Waals surface area contributed by atoms with Gasteiger partial charge in [0.2, 0.25) is 15.9 Å². The predicted molar refractivity (Wildman–Crippen MR) is 94.9 cm³/mol. The van der Waals surface area contributed by atoms with Gasteiger partial charge in [0.25, 0.3) is 0 Å². The SMILES string of the molecule is COCCOCC(=O)Nc1ccc(S(=O)(=O)N2CCCC(C)C2)cc1. The fourth-order valence-electron chi connectivity index (χ4n) is 2.73. The van der Waals surface area contributed by atoms with Crippen LogP contribution in [-0.4, -0.2) is 58.7 Å². The third-order valence-corrected chi connectivity index (χ3v) is 5.94. The van der Waals surface area contributed by atoms with E-state index in [9.17, 15) is 13.2 Å². The quantitative estimate of drug-likeness (QED) is 0.704. The molecule has 25 heavy (non-hydrogen) atoms. The molecule has 1 atom stereocenters. The molecule has 1 amide bonds. The van der Waals surface area contributed by atoms with E-state index in [1.54, 1.807) is 23.5 Å². The van der Waals surface area contributed by atoms with Crippen LogP contribution in [0.5, 0.6) is 0 Å². The van der Waals surface area contributed by atoms with Crippen molar-refractivity contribution in [2.45, 2.75) is 24.7 Å². The number of nitrogens with zero attached hydrogens (tertiary/aromatic N) is 1. The first-order valence-corrected chi connectivity index (χ1v) is 9.84. The van der Waals surface area contributed by atoms with Crippen molar-refractivity contribution in [3.63, 3.8) is 0 Å². The predicted octanol–water partition coefficient (Wildman–Crippen LogP) is 1.71. The zero-order valence-corrected chi connectivity index (χ0v) is 15.5. The summed E-state index contributed by atoms with van der Waals surface area (Å²) in [4.78, 5) is 12.0. The molecule has 0 radical (unpaired) electrons. The summed E-state index contributed by atoms with van der Waals surface area (Å²) >= 11 is 0. The molecule has 7 nitrogen and oxygen atoms in total. The van der Waals surface area contributed by atoms with Crippen LogP contribution in [0.15, 0.2) is 29.2 Å². The van der Waals surface area contributed by atoms with Gasteiger partial charge in [0.05, 0.1) is 18.1 Å². The van der Waals surface area contributed by atoms with E-state index in [0.717, 1.165) is 12.8 Å². The highest BCUT2D eigenvalue weighted by molar-refractivity contribution is 7.89. The zero-order valence-electron chi connectivity index (χ0n) is 14.7. The number of ether oxygens (including phenoxy) is 2. The Balaban J connectivity index is 1.93. The number of hydrogen-bond acceptors (Lipinski definition) is 5. The van der Waals surface area contributed by atoms with Gasteiger partial charge in [-0.25, -0.2) is 8.42 Å². The zero-order chi connectivity index (χ0) is 18.3. The van der Waals surface area contributed by atoms with E-state index in [2.05, 4.69) is 12.2 Å². The Labute approximate surface area is 149 Å². The second-order valence-corrected chi connectivity index (χ2v) is 8.17. The van der Waals surface area contributed by atoms with E-state index in [0.29, 0.717) is 37.9 Å². The minimum absolute atomic E-state index is 0.0743. The Kier molecular flexibility index (Phi) is 7.37. The lowest BCUT2D eigenvalue weighted by atomic mass is 10.0. The molecule has 0 bridgehead atoms. The van der Waals surface area contributed by atoms with E-state index in [-0.39, 0.29) is 17.4 Å². The number of rotatable bonds is 8. The second kappa shape index (κ2) is 9.28. The summed E-state index contributed by atoms with van der Waals surface area (Å²) in [6, 6.07) is 6.23. The fourth-order valence-corrected chi connectivity index (χ4v) is 4.33.